The second-order valence-corrected chi connectivity index (χ2v) is 6.53. The SMILES string of the molecule is CC(=O)Nc1ccc(C)c(NC(=O)c2nn(-c3ccccc3F)c(C)cc2=O)c1. The number of rotatable bonds is 4. The smallest absolute Gasteiger partial charge is 0.280 e. The Morgan fingerprint density at radius 3 is 2.45 bits per heavy atom. The van der Waals surface area contributed by atoms with Gasteiger partial charge in [0.25, 0.3) is 5.91 Å². The molecule has 3 rings (SSSR count). The number of anilines is 2. The number of aromatic nitrogens is 2. The van der Waals surface area contributed by atoms with Crippen molar-refractivity contribution in [3.8, 4) is 5.69 Å². The highest BCUT2D eigenvalue weighted by Gasteiger charge is 2.17. The molecule has 148 valence electrons. The van der Waals surface area contributed by atoms with E-state index in [2.05, 4.69) is 15.7 Å². The Morgan fingerprint density at radius 2 is 1.76 bits per heavy atom. The Labute approximate surface area is 166 Å². The second kappa shape index (κ2) is 8.05. The van der Waals surface area contributed by atoms with Crippen LogP contribution in [-0.4, -0.2) is 21.6 Å². The van der Waals surface area contributed by atoms with Crippen LogP contribution in [0, 0.1) is 19.7 Å². The summed E-state index contributed by atoms with van der Waals surface area (Å²) in [6.07, 6.45) is 0. The van der Waals surface area contributed by atoms with Crippen molar-refractivity contribution in [2.45, 2.75) is 20.8 Å². The van der Waals surface area contributed by atoms with Gasteiger partial charge in [0.2, 0.25) is 11.3 Å². The summed E-state index contributed by atoms with van der Waals surface area (Å²) < 4.78 is 15.4. The first kappa shape index (κ1) is 19.9. The summed E-state index contributed by atoms with van der Waals surface area (Å²) in [5.41, 5.74) is 1.21. The zero-order valence-electron chi connectivity index (χ0n) is 16.1. The van der Waals surface area contributed by atoms with E-state index in [1.165, 1.54) is 35.9 Å². The van der Waals surface area contributed by atoms with Gasteiger partial charge in [-0.1, -0.05) is 18.2 Å². The highest BCUT2D eigenvalue weighted by molar-refractivity contribution is 6.03. The molecule has 0 atom stereocenters. The largest absolute Gasteiger partial charge is 0.326 e. The first-order chi connectivity index (χ1) is 13.8. The van der Waals surface area contributed by atoms with Crippen LogP contribution in [0.2, 0.25) is 0 Å². The van der Waals surface area contributed by atoms with E-state index in [4.69, 9.17) is 0 Å². The number of para-hydroxylation sites is 1. The first-order valence-corrected chi connectivity index (χ1v) is 8.81. The Balaban J connectivity index is 1.98. The third-order valence-electron chi connectivity index (χ3n) is 4.21. The van der Waals surface area contributed by atoms with Crippen LogP contribution >= 0.6 is 0 Å². The zero-order valence-corrected chi connectivity index (χ0v) is 16.1. The number of carbonyl (C=O) groups excluding carboxylic acids is 2. The molecule has 8 heteroatoms. The number of halogens is 1. The molecule has 0 saturated heterocycles. The lowest BCUT2D eigenvalue weighted by molar-refractivity contribution is -0.114. The lowest BCUT2D eigenvalue weighted by Crippen LogP contribution is -2.27. The molecule has 0 radical (unpaired) electrons. The van der Waals surface area contributed by atoms with Crippen molar-refractivity contribution in [3.63, 3.8) is 0 Å². The molecule has 0 aliphatic carbocycles. The van der Waals surface area contributed by atoms with E-state index in [1.54, 1.807) is 38.1 Å². The molecule has 3 aromatic rings. The summed E-state index contributed by atoms with van der Waals surface area (Å²) in [6.45, 7) is 4.75. The van der Waals surface area contributed by atoms with Gasteiger partial charge in [-0.05, 0) is 43.7 Å². The first-order valence-electron chi connectivity index (χ1n) is 8.81. The van der Waals surface area contributed by atoms with Crippen molar-refractivity contribution < 1.29 is 14.0 Å². The molecule has 2 aromatic carbocycles. The second-order valence-electron chi connectivity index (χ2n) is 6.53. The summed E-state index contributed by atoms with van der Waals surface area (Å²) in [6, 6.07) is 12.2. The minimum atomic E-state index is -0.733. The van der Waals surface area contributed by atoms with Gasteiger partial charge in [-0.25, -0.2) is 9.07 Å². The molecule has 7 nitrogen and oxygen atoms in total. The van der Waals surface area contributed by atoms with Gasteiger partial charge in [-0.2, -0.15) is 5.10 Å². The van der Waals surface area contributed by atoms with Gasteiger partial charge in [-0.3, -0.25) is 14.4 Å². The van der Waals surface area contributed by atoms with Crippen LogP contribution in [0.5, 0.6) is 0 Å². The lowest BCUT2D eigenvalue weighted by atomic mass is 10.1. The van der Waals surface area contributed by atoms with Crippen molar-refractivity contribution in [1.29, 1.82) is 0 Å². The third kappa shape index (κ3) is 4.37. The molecule has 0 fully saturated rings. The molecule has 0 unspecified atom stereocenters. The van der Waals surface area contributed by atoms with E-state index in [0.29, 0.717) is 17.1 Å². The fraction of sp³-hybridized carbons (Fsp3) is 0.143. The van der Waals surface area contributed by atoms with Crippen molar-refractivity contribution >= 4 is 23.2 Å². The molecular weight excluding hydrogens is 375 g/mol. The predicted octanol–water partition coefficient (Wildman–Crippen LogP) is 3.20. The van der Waals surface area contributed by atoms with Crippen molar-refractivity contribution in [3.05, 3.63) is 81.5 Å². The summed E-state index contributed by atoms with van der Waals surface area (Å²) >= 11 is 0. The lowest BCUT2D eigenvalue weighted by Gasteiger charge is -2.13. The molecular formula is C21H19FN4O3. The van der Waals surface area contributed by atoms with E-state index >= 15 is 0 Å². The summed E-state index contributed by atoms with van der Waals surface area (Å²) in [5.74, 6) is -1.51. The molecule has 0 bridgehead atoms. The van der Waals surface area contributed by atoms with Gasteiger partial charge in [0.15, 0.2) is 5.69 Å². The van der Waals surface area contributed by atoms with Crippen LogP contribution < -0.4 is 16.1 Å². The van der Waals surface area contributed by atoms with Crippen molar-refractivity contribution in [2.75, 3.05) is 10.6 Å². The monoisotopic (exact) mass is 394 g/mol. The molecule has 0 spiro atoms. The normalized spacial score (nSPS) is 10.5. The number of amides is 2. The molecule has 29 heavy (non-hydrogen) atoms. The van der Waals surface area contributed by atoms with Gasteiger partial charge in [0.1, 0.15) is 11.5 Å². The van der Waals surface area contributed by atoms with Crippen LogP contribution in [0.3, 0.4) is 0 Å². The molecule has 0 aliphatic heterocycles. The predicted molar refractivity (Wildman–Crippen MR) is 108 cm³/mol. The minimum Gasteiger partial charge on any atom is -0.326 e. The third-order valence-corrected chi connectivity index (χ3v) is 4.21. The molecule has 0 saturated carbocycles. The van der Waals surface area contributed by atoms with Gasteiger partial charge in [0, 0.05) is 30.1 Å². The van der Waals surface area contributed by atoms with E-state index < -0.39 is 17.2 Å². The number of nitrogens with one attached hydrogen (secondary N) is 2. The summed E-state index contributed by atoms with van der Waals surface area (Å²) in [4.78, 5) is 36.3. The van der Waals surface area contributed by atoms with Gasteiger partial charge in [0.05, 0.1) is 0 Å². The maximum Gasteiger partial charge on any atom is 0.280 e. The van der Waals surface area contributed by atoms with Crippen LogP contribution in [0.4, 0.5) is 15.8 Å². The van der Waals surface area contributed by atoms with Gasteiger partial charge in [-0.15, -0.1) is 0 Å². The molecule has 1 heterocycles. The van der Waals surface area contributed by atoms with Crippen LogP contribution in [0.1, 0.15) is 28.7 Å². The Hall–Kier alpha value is -3.81. The number of aryl methyl sites for hydroxylation is 2. The average molecular weight is 394 g/mol. The quantitative estimate of drug-likeness (QED) is 0.711. The van der Waals surface area contributed by atoms with E-state index in [-0.39, 0.29) is 17.3 Å². The van der Waals surface area contributed by atoms with Gasteiger partial charge < -0.3 is 10.6 Å². The maximum atomic E-state index is 14.2. The number of hydrogen-bond acceptors (Lipinski definition) is 4. The van der Waals surface area contributed by atoms with Crippen LogP contribution in [-0.2, 0) is 4.79 Å². The van der Waals surface area contributed by atoms with Crippen molar-refractivity contribution in [2.24, 2.45) is 0 Å². The Morgan fingerprint density at radius 1 is 1.03 bits per heavy atom. The standard InChI is InChI=1S/C21H19FN4O3/c1-12-8-9-15(23-14(3)27)11-17(12)24-21(29)20-19(28)10-13(2)26(25-20)18-7-5-4-6-16(18)22/h4-11H,1-3H3,(H,23,27)(H,24,29). The van der Waals surface area contributed by atoms with Crippen LogP contribution in [0.15, 0.2) is 53.3 Å². The van der Waals surface area contributed by atoms with Crippen molar-refractivity contribution in [1.82, 2.24) is 9.78 Å². The molecule has 2 N–H and O–H groups in total. The number of benzene rings is 2. The van der Waals surface area contributed by atoms with Crippen LogP contribution in [0.25, 0.3) is 5.69 Å². The number of carbonyl (C=O) groups is 2. The van der Waals surface area contributed by atoms with E-state index in [0.717, 1.165) is 5.56 Å². The van der Waals surface area contributed by atoms with Gasteiger partial charge >= 0.3 is 0 Å². The molecule has 1 aromatic heterocycles. The topological polar surface area (TPSA) is 93.1 Å². The maximum absolute atomic E-state index is 14.2. The summed E-state index contributed by atoms with van der Waals surface area (Å²) in [5, 5.41) is 9.34. The number of nitrogens with zero attached hydrogens (tertiary/aromatic N) is 2. The highest BCUT2D eigenvalue weighted by Crippen LogP contribution is 2.21. The fourth-order valence-corrected chi connectivity index (χ4v) is 2.79. The molecule has 0 aliphatic rings. The van der Waals surface area contributed by atoms with E-state index in [9.17, 15) is 18.8 Å². The van der Waals surface area contributed by atoms with E-state index in [1.807, 2.05) is 0 Å². The molecule has 2 amide bonds. The number of hydrogen-bond donors (Lipinski definition) is 2. The fourth-order valence-electron chi connectivity index (χ4n) is 2.79. The Kier molecular flexibility index (Phi) is 5.54. The minimum absolute atomic E-state index is 0.128. The Bertz CT molecular complexity index is 1170. The zero-order chi connectivity index (χ0) is 21.1. The summed E-state index contributed by atoms with van der Waals surface area (Å²) in [7, 11) is 0. The average Bonchev–Trinajstić information content (AvgIpc) is 2.65. The highest BCUT2D eigenvalue weighted by atomic mass is 19.1.